The van der Waals surface area contributed by atoms with Crippen LogP contribution in [0.2, 0.25) is 0 Å². The maximum Gasteiger partial charge on any atom is 0.347 e. The maximum atomic E-state index is 11.0. The molecule has 0 aromatic heterocycles. The molecule has 0 fully saturated rings. The molecule has 0 saturated heterocycles. The fraction of sp³-hybridized carbons (Fsp3) is 0.364. The van der Waals surface area contributed by atoms with Gasteiger partial charge in [0, 0.05) is 5.56 Å². The Morgan fingerprint density at radius 1 is 1.60 bits per heavy atom. The van der Waals surface area contributed by atoms with Gasteiger partial charge >= 0.3 is 5.97 Å². The minimum Gasteiger partial charge on any atom is -0.478 e. The molecule has 0 amide bonds. The van der Waals surface area contributed by atoms with Crippen molar-refractivity contribution in [3.63, 3.8) is 0 Å². The number of aliphatic carboxylic acids is 1. The third-order valence-corrected chi connectivity index (χ3v) is 2.91. The van der Waals surface area contributed by atoms with E-state index in [0.29, 0.717) is 12.2 Å². The highest BCUT2D eigenvalue weighted by molar-refractivity contribution is 5.77. The minimum absolute atomic E-state index is 0.529. The summed E-state index contributed by atoms with van der Waals surface area (Å²) in [5, 5.41) is 9.05. The lowest BCUT2D eigenvalue weighted by Gasteiger charge is -2.25. The van der Waals surface area contributed by atoms with Gasteiger partial charge in [-0.1, -0.05) is 25.1 Å². The van der Waals surface area contributed by atoms with Crippen molar-refractivity contribution in [1.29, 1.82) is 0 Å². The average Bonchev–Trinajstić information content (AvgIpc) is 2.54. The van der Waals surface area contributed by atoms with Crippen LogP contribution in [-0.4, -0.2) is 17.2 Å². The molecular formula is C11H13NO3. The SMILES string of the molecule is CCC1(N)c2ccccc2OC1C(=O)O. The lowest BCUT2D eigenvalue weighted by Crippen LogP contribution is -2.50. The Morgan fingerprint density at radius 3 is 2.87 bits per heavy atom. The molecule has 1 heterocycles. The summed E-state index contributed by atoms with van der Waals surface area (Å²) in [6.07, 6.45) is -0.457. The Balaban J connectivity index is 2.52. The second-order valence-corrected chi connectivity index (χ2v) is 3.73. The first-order valence-electron chi connectivity index (χ1n) is 4.87. The summed E-state index contributed by atoms with van der Waals surface area (Å²) in [6, 6.07) is 7.21. The Labute approximate surface area is 87.7 Å². The second-order valence-electron chi connectivity index (χ2n) is 3.73. The van der Waals surface area contributed by atoms with E-state index in [2.05, 4.69) is 0 Å². The number of nitrogens with two attached hydrogens (primary N) is 1. The van der Waals surface area contributed by atoms with Crippen molar-refractivity contribution in [3.05, 3.63) is 29.8 Å². The van der Waals surface area contributed by atoms with E-state index in [1.807, 2.05) is 19.1 Å². The van der Waals surface area contributed by atoms with Crippen LogP contribution in [0.1, 0.15) is 18.9 Å². The molecule has 0 radical (unpaired) electrons. The molecule has 0 saturated carbocycles. The molecule has 4 heteroatoms. The topological polar surface area (TPSA) is 72.5 Å². The Bertz CT molecular complexity index is 405. The van der Waals surface area contributed by atoms with Gasteiger partial charge in [-0.05, 0) is 12.5 Å². The number of fused-ring (bicyclic) bond motifs is 1. The summed E-state index contributed by atoms with van der Waals surface area (Å²) in [4.78, 5) is 11.0. The monoisotopic (exact) mass is 207 g/mol. The summed E-state index contributed by atoms with van der Waals surface area (Å²) in [5.41, 5.74) is 5.97. The molecule has 2 unspecified atom stereocenters. The summed E-state index contributed by atoms with van der Waals surface area (Å²) in [7, 11) is 0. The second kappa shape index (κ2) is 3.24. The van der Waals surface area contributed by atoms with Gasteiger partial charge in [-0.25, -0.2) is 4.79 Å². The number of ether oxygens (including phenoxy) is 1. The van der Waals surface area contributed by atoms with E-state index < -0.39 is 17.6 Å². The predicted octanol–water partition coefficient (Wildman–Crippen LogP) is 1.10. The van der Waals surface area contributed by atoms with Gasteiger partial charge in [0.05, 0.1) is 5.54 Å². The van der Waals surface area contributed by atoms with Gasteiger partial charge in [0.25, 0.3) is 0 Å². The number of rotatable bonds is 2. The molecule has 80 valence electrons. The van der Waals surface area contributed by atoms with Crippen molar-refractivity contribution < 1.29 is 14.6 Å². The van der Waals surface area contributed by atoms with Gasteiger partial charge in [-0.15, -0.1) is 0 Å². The van der Waals surface area contributed by atoms with Crippen molar-refractivity contribution in [3.8, 4) is 5.75 Å². The Hall–Kier alpha value is -1.55. The standard InChI is InChI=1S/C11H13NO3/c1-2-11(12)7-5-3-4-6-8(7)15-9(11)10(13)14/h3-6,9H,2,12H2,1H3,(H,13,14). The van der Waals surface area contributed by atoms with Gasteiger partial charge in [0.1, 0.15) is 5.75 Å². The summed E-state index contributed by atoms with van der Waals surface area (Å²) in [6.45, 7) is 1.86. The molecule has 0 spiro atoms. The van der Waals surface area contributed by atoms with Gasteiger partial charge in [0.2, 0.25) is 6.10 Å². The largest absolute Gasteiger partial charge is 0.478 e. The normalized spacial score (nSPS) is 28.3. The van der Waals surface area contributed by atoms with Crippen LogP contribution in [0.25, 0.3) is 0 Å². The lowest BCUT2D eigenvalue weighted by atomic mass is 9.85. The Morgan fingerprint density at radius 2 is 2.27 bits per heavy atom. The summed E-state index contributed by atoms with van der Waals surface area (Å²) < 4.78 is 5.35. The van der Waals surface area contributed by atoms with Gasteiger partial charge in [0.15, 0.2) is 0 Å². The van der Waals surface area contributed by atoms with Crippen LogP contribution in [0.4, 0.5) is 0 Å². The molecule has 1 aliphatic rings. The van der Waals surface area contributed by atoms with Crippen LogP contribution in [0.15, 0.2) is 24.3 Å². The first-order valence-corrected chi connectivity index (χ1v) is 4.87. The average molecular weight is 207 g/mol. The number of hydrogen-bond donors (Lipinski definition) is 2. The molecule has 2 atom stereocenters. The quantitative estimate of drug-likeness (QED) is 0.761. The highest BCUT2D eigenvalue weighted by Crippen LogP contribution is 2.41. The predicted molar refractivity (Wildman–Crippen MR) is 54.7 cm³/mol. The fourth-order valence-corrected chi connectivity index (χ4v) is 1.97. The van der Waals surface area contributed by atoms with Crippen molar-refractivity contribution in [2.75, 3.05) is 0 Å². The van der Waals surface area contributed by atoms with Crippen LogP contribution in [0.3, 0.4) is 0 Å². The smallest absolute Gasteiger partial charge is 0.347 e. The van der Waals surface area contributed by atoms with E-state index in [1.54, 1.807) is 12.1 Å². The number of carboxylic acid groups (broad SMARTS) is 1. The summed E-state index contributed by atoms with van der Waals surface area (Å²) in [5.74, 6) is -0.440. The third kappa shape index (κ3) is 1.29. The van der Waals surface area contributed by atoms with Gasteiger partial charge in [-0.2, -0.15) is 0 Å². The number of para-hydroxylation sites is 1. The van der Waals surface area contributed by atoms with Gasteiger partial charge < -0.3 is 15.6 Å². The molecule has 2 rings (SSSR count). The molecular weight excluding hydrogens is 194 g/mol. The number of carbonyl (C=O) groups is 1. The molecule has 0 aliphatic carbocycles. The van der Waals surface area contributed by atoms with Crippen LogP contribution in [0, 0.1) is 0 Å². The van der Waals surface area contributed by atoms with Crippen LogP contribution in [-0.2, 0) is 10.3 Å². The van der Waals surface area contributed by atoms with E-state index in [0.717, 1.165) is 5.56 Å². The number of hydrogen-bond acceptors (Lipinski definition) is 3. The van der Waals surface area contributed by atoms with E-state index in [9.17, 15) is 4.79 Å². The van der Waals surface area contributed by atoms with Gasteiger partial charge in [-0.3, -0.25) is 0 Å². The van der Waals surface area contributed by atoms with E-state index >= 15 is 0 Å². The lowest BCUT2D eigenvalue weighted by molar-refractivity contribution is -0.147. The minimum atomic E-state index is -1.02. The first-order chi connectivity index (χ1) is 7.09. The molecule has 4 nitrogen and oxygen atoms in total. The van der Waals surface area contributed by atoms with Crippen molar-refractivity contribution in [2.24, 2.45) is 5.73 Å². The molecule has 1 aliphatic heterocycles. The molecule has 3 N–H and O–H groups in total. The first kappa shape index (κ1) is 9.98. The van der Waals surface area contributed by atoms with E-state index in [-0.39, 0.29) is 0 Å². The molecule has 1 aromatic carbocycles. The molecule has 1 aromatic rings. The highest BCUT2D eigenvalue weighted by Gasteiger charge is 2.48. The van der Waals surface area contributed by atoms with E-state index in [1.165, 1.54) is 0 Å². The van der Waals surface area contributed by atoms with Crippen LogP contribution in [0.5, 0.6) is 5.75 Å². The van der Waals surface area contributed by atoms with Crippen LogP contribution < -0.4 is 10.5 Å². The maximum absolute atomic E-state index is 11.0. The number of benzene rings is 1. The van der Waals surface area contributed by atoms with Crippen LogP contribution >= 0.6 is 0 Å². The number of carboxylic acids is 1. The zero-order valence-corrected chi connectivity index (χ0v) is 8.43. The Kier molecular flexibility index (Phi) is 2.16. The third-order valence-electron chi connectivity index (χ3n) is 2.91. The molecule has 0 bridgehead atoms. The summed E-state index contributed by atoms with van der Waals surface area (Å²) >= 11 is 0. The fourth-order valence-electron chi connectivity index (χ4n) is 1.97. The van der Waals surface area contributed by atoms with Crippen molar-refractivity contribution >= 4 is 5.97 Å². The zero-order valence-electron chi connectivity index (χ0n) is 8.43. The highest BCUT2D eigenvalue weighted by atomic mass is 16.5. The zero-order chi connectivity index (χ0) is 11.1. The van der Waals surface area contributed by atoms with E-state index in [4.69, 9.17) is 15.6 Å². The van der Waals surface area contributed by atoms with Crippen molar-refractivity contribution in [1.82, 2.24) is 0 Å². The van der Waals surface area contributed by atoms with Crippen molar-refractivity contribution in [2.45, 2.75) is 25.0 Å². The molecule has 15 heavy (non-hydrogen) atoms.